The molecule has 0 amide bonds. The number of phenols is 1. The molecule has 0 saturated carbocycles. The zero-order valence-corrected chi connectivity index (χ0v) is 12.9. The molecular weight excluding hydrogens is 248 g/mol. The summed E-state index contributed by atoms with van der Waals surface area (Å²) in [5.41, 5.74) is 4.44. The van der Waals surface area contributed by atoms with Gasteiger partial charge < -0.3 is 9.84 Å². The van der Waals surface area contributed by atoms with E-state index in [4.69, 9.17) is 4.74 Å². The third-order valence-corrected chi connectivity index (χ3v) is 4.20. The van der Waals surface area contributed by atoms with Gasteiger partial charge in [0, 0.05) is 11.5 Å². The number of hydrogen-bond acceptors (Lipinski definition) is 2. The molecular formula is C18H24O2. The first-order valence-corrected chi connectivity index (χ1v) is 7.14. The number of allylic oxidation sites excluding steroid dienone is 3. The van der Waals surface area contributed by atoms with E-state index in [1.165, 1.54) is 11.1 Å². The monoisotopic (exact) mass is 272 g/mol. The van der Waals surface area contributed by atoms with Gasteiger partial charge >= 0.3 is 0 Å². The van der Waals surface area contributed by atoms with Crippen molar-refractivity contribution < 1.29 is 9.84 Å². The number of rotatable bonds is 3. The van der Waals surface area contributed by atoms with Crippen molar-refractivity contribution in [1.82, 2.24) is 0 Å². The fourth-order valence-electron chi connectivity index (χ4n) is 3.16. The molecule has 0 saturated heterocycles. The molecule has 2 unspecified atom stereocenters. The van der Waals surface area contributed by atoms with Crippen molar-refractivity contribution in [1.29, 1.82) is 0 Å². The number of hydrogen-bond donors (Lipinski definition) is 1. The van der Waals surface area contributed by atoms with Crippen LogP contribution >= 0.6 is 0 Å². The minimum atomic E-state index is 0.150. The van der Waals surface area contributed by atoms with Crippen molar-refractivity contribution in [3.05, 3.63) is 47.1 Å². The molecule has 0 heterocycles. The van der Waals surface area contributed by atoms with E-state index in [1.807, 2.05) is 19.1 Å². The Bertz CT molecular complexity index is 555. The maximum Gasteiger partial charge on any atom is 0.126 e. The van der Waals surface area contributed by atoms with Crippen LogP contribution in [0.5, 0.6) is 11.5 Å². The molecule has 108 valence electrons. The highest BCUT2D eigenvalue weighted by Gasteiger charge is 2.30. The zero-order valence-electron chi connectivity index (χ0n) is 12.9. The lowest BCUT2D eigenvalue weighted by molar-refractivity contribution is 0.381. The smallest absolute Gasteiger partial charge is 0.126 e. The van der Waals surface area contributed by atoms with Crippen LogP contribution in [-0.4, -0.2) is 12.2 Å². The molecule has 0 spiro atoms. The summed E-state index contributed by atoms with van der Waals surface area (Å²) in [6.07, 6.45) is 4.44. The first-order valence-electron chi connectivity index (χ1n) is 7.14. The lowest BCUT2D eigenvalue weighted by atomic mass is 9.73. The standard InChI is InChI=1S/C18H24O2/c1-11(2)14-7-6-12(3)8-15(14)18-16(19)9-13(4)10-17(18)20-5/h8-10,14-15,19H,1,6-7H2,2-5H3. The van der Waals surface area contributed by atoms with Gasteiger partial charge in [0.25, 0.3) is 0 Å². The summed E-state index contributed by atoms with van der Waals surface area (Å²) in [4.78, 5) is 0. The van der Waals surface area contributed by atoms with Crippen LogP contribution in [0.4, 0.5) is 0 Å². The van der Waals surface area contributed by atoms with Crippen LogP contribution < -0.4 is 4.74 Å². The molecule has 2 rings (SSSR count). The lowest BCUT2D eigenvalue weighted by Gasteiger charge is -2.32. The number of phenolic OH excluding ortho intramolecular Hbond substituents is 1. The Morgan fingerprint density at radius 1 is 1.35 bits per heavy atom. The second-order valence-electron chi connectivity index (χ2n) is 5.93. The Labute approximate surface area is 121 Å². The van der Waals surface area contributed by atoms with E-state index < -0.39 is 0 Å². The summed E-state index contributed by atoms with van der Waals surface area (Å²) in [7, 11) is 1.66. The van der Waals surface area contributed by atoms with Gasteiger partial charge in [-0.25, -0.2) is 0 Å². The van der Waals surface area contributed by atoms with Crippen LogP contribution in [0.2, 0.25) is 0 Å². The van der Waals surface area contributed by atoms with Crippen molar-refractivity contribution in [3.8, 4) is 11.5 Å². The van der Waals surface area contributed by atoms with Gasteiger partial charge in [-0.1, -0.05) is 23.8 Å². The normalized spacial score (nSPS) is 22.3. The fraction of sp³-hybridized carbons (Fsp3) is 0.444. The third kappa shape index (κ3) is 2.74. The molecule has 20 heavy (non-hydrogen) atoms. The van der Waals surface area contributed by atoms with Gasteiger partial charge in [0.1, 0.15) is 11.5 Å². The van der Waals surface area contributed by atoms with E-state index >= 15 is 0 Å². The summed E-state index contributed by atoms with van der Waals surface area (Å²) >= 11 is 0. The Balaban J connectivity index is 2.57. The van der Waals surface area contributed by atoms with Crippen LogP contribution in [0.15, 0.2) is 35.9 Å². The minimum absolute atomic E-state index is 0.150. The molecule has 2 heteroatoms. The largest absolute Gasteiger partial charge is 0.507 e. The van der Waals surface area contributed by atoms with Crippen molar-refractivity contribution in [2.45, 2.75) is 39.5 Å². The van der Waals surface area contributed by atoms with E-state index in [9.17, 15) is 5.11 Å². The van der Waals surface area contributed by atoms with Gasteiger partial charge in [-0.15, -0.1) is 0 Å². The number of aromatic hydroxyl groups is 1. The quantitative estimate of drug-likeness (QED) is 0.806. The van der Waals surface area contributed by atoms with Gasteiger partial charge in [0.15, 0.2) is 0 Å². The van der Waals surface area contributed by atoms with Gasteiger partial charge in [-0.2, -0.15) is 0 Å². The highest BCUT2D eigenvalue weighted by molar-refractivity contribution is 5.52. The van der Waals surface area contributed by atoms with E-state index in [0.717, 1.165) is 29.7 Å². The van der Waals surface area contributed by atoms with Crippen molar-refractivity contribution >= 4 is 0 Å². The van der Waals surface area contributed by atoms with Crippen molar-refractivity contribution in [2.75, 3.05) is 7.11 Å². The van der Waals surface area contributed by atoms with Crippen molar-refractivity contribution in [2.24, 2.45) is 5.92 Å². The SMILES string of the molecule is C=C(C)C1CCC(C)=CC1c1c(O)cc(C)cc1OC. The molecule has 0 radical (unpaired) electrons. The molecule has 1 aromatic rings. The Morgan fingerprint density at radius 3 is 2.65 bits per heavy atom. The van der Waals surface area contributed by atoms with Gasteiger partial charge in [-0.05, 0) is 57.2 Å². The molecule has 0 aliphatic heterocycles. The summed E-state index contributed by atoms with van der Waals surface area (Å²) < 4.78 is 5.50. The van der Waals surface area contributed by atoms with Crippen molar-refractivity contribution in [3.63, 3.8) is 0 Å². The third-order valence-electron chi connectivity index (χ3n) is 4.20. The second-order valence-corrected chi connectivity index (χ2v) is 5.93. The average molecular weight is 272 g/mol. The Morgan fingerprint density at radius 2 is 2.05 bits per heavy atom. The first-order chi connectivity index (χ1) is 9.43. The van der Waals surface area contributed by atoms with E-state index in [0.29, 0.717) is 11.7 Å². The molecule has 0 bridgehead atoms. The summed E-state index contributed by atoms with van der Waals surface area (Å²) in [5, 5.41) is 10.4. The van der Waals surface area contributed by atoms with Gasteiger partial charge in [0.05, 0.1) is 7.11 Å². The lowest BCUT2D eigenvalue weighted by Crippen LogP contribution is -2.17. The maximum atomic E-state index is 10.4. The first kappa shape index (κ1) is 14.7. The fourth-order valence-corrected chi connectivity index (χ4v) is 3.16. The van der Waals surface area contributed by atoms with Crippen LogP contribution in [0.1, 0.15) is 43.7 Å². The summed E-state index contributed by atoms with van der Waals surface area (Å²) in [5.74, 6) is 1.60. The maximum absolute atomic E-state index is 10.4. The number of ether oxygens (including phenoxy) is 1. The summed E-state index contributed by atoms with van der Waals surface area (Å²) in [6.45, 7) is 10.3. The number of benzene rings is 1. The summed E-state index contributed by atoms with van der Waals surface area (Å²) in [6, 6.07) is 3.80. The zero-order chi connectivity index (χ0) is 14.9. The minimum Gasteiger partial charge on any atom is -0.507 e. The highest BCUT2D eigenvalue weighted by Crippen LogP contribution is 2.46. The van der Waals surface area contributed by atoms with Crippen LogP contribution in [0.25, 0.3) is 0 Å². The number of methoxy groups -OCH3 is 1. The Kier molecular flexibility index (Phi) is 4.22. The van der Waals surface area contributed by atoms with Gasteiger partial charge in [0.2, 0.25) is 0 Å². The molecule has 0 fully saturated rings. The topological polar surface area (TPSA) is 29.5 Å². The molecule has 2 atom stereocenters. The Hall–Kier alpha value is -1.70. The predicted molar refractivity (Wildman–Crippen MR) is 83.4 cm³/mol. The molecule has 1 N–H and O–H groups in total. The van der Waals surface area contributed by atoms with Crippen LogP contribution in [0.3, 0.4) is 0 Å². The van der Waals surface area contributed by atoms with Crippen LogP contribution in [0, 0.1) is 12.8 Å². The second kappa shape index (κ2) is 5.74. The predicted octanol–water partition coefficient (Wildman–Crippen LogP) is 4.73. The van der Waals surface area contributed by atoms with E-state index in [-0.39, 0.29) is 5.92 Å². The van der Waals surface area contributed by atoms with E-state index in [2.05, 4.69) is 26.5 Å². The van der Waals surface area contributed by atoms with E-state index in [1.54, 1.807) is 7.11 Å². The molecule has 1 aliphatic rings. The van der Waals surface area contributed by atoms with Crippen LogP contribution in [-0.2, 0) is 0 Å². The average Bonchev–Trinajstić information content (AvgIpc) is 2.37. The number of aryl methyl sites for hydroxylation is 1. The molecule has 1 aliphatic carbocycles. The van der Waals surface area contributed by atoms with Gasteiger partial charge in [-0.3, -0.25) is 0 Å². The molecule has 2 nitrogen and oxygen atoms in total. The molecule has 1 aromatic carbocycles. The molecule has 0 aromatic heterocycles. The highest BCUT2D eigenvalue weighted by atomic mass is 16.5.